The number of benzene rings is 1. The summed E-state index contributed by atoms with van der Waals surface area (Å²) >= 11 is 0. The van der Waals surface area contributed by atoms with Crippen molar-refractivity contribution >= 4 is 5.78 Å². The van der Waals surface area contributed by atoms with Gasteiger partial charge in [0.15, 0.2) is 0 Å². The third-order valence-corrected chi connectivity index (χ3v) is 2.38. The minimum absolute atomic E-state index is 0.0369. The van der Waals surface area contributed by atoms with Crippen molar-refractivity contribution in [1.29, 1.82) is 0 Å². The van der Waals surface area contributed by atoms with Crippen molar-refractivity contribution in [2.24, 2.45) is 0 Å². The van der Waals surface area contributed by atoms with Gasteiger partial charge in [-0.1, -0.05) is 5.16 Å². The summed E-state index contributed by atoms with van der Waals surface area (Å²) in [5, 5.41) is 3.59. The Balaban J connectivity index is 2.50. The van der Waals surface area contributed by atoms with E-state index in [2.05, 4.69) is 10.1 Å². The molecule has 0 saturated carbocycles. The predicted molar refractivity (Wildman–Crippen MR) is 62.8 cm³/mol. The summed E-state index contributed by atoms with van der Waals surface area (Å²) in [7, 11) is 3.09. The van der Waals surface area contributed by atoms with Crippen LogP contribution in [0.15, 0.2) is 22.7 Å². The van der Waals surface area contributed by atoms with E-state index in [1.54, 1.807) is 25.3 Å². The lowest BCUT2D eigenvalue weighted by atomic mass is 10.2. The smallest absolute Gasteiger partial charge is 0.262 e. The van der Waals surface area contributed by atoms with Gasteiger partial charge in [0.05, 0.1) is 19.8 Å². The minimum Gasteiger partial charge on any atom is -0.497 e. The van der Waals surface area contributed by atoms with Gasteiger partial charge in [-0.2, -0.15) is 4.98 Å². The fourth-order valence-electron chi connectivity index (χ4n) is 1.46. The molecule has 0 bridgehead atoms. The van der Waals surface area contributed by atoms with Crippen LogP contribution < -0.4 is 9.47 Å². The molecular formula is C12H12N2O4. The number of carbonyl (C=O) groups excluding carboxylic acids is 1. The molecule has 0 aliphatic heterocycles. The summed E-state index contributed by atoms with van der Waals surface area (Å²) in [6, 6.07) is 5.19. The second-order valence-electron chi connectivity index (χ2n) is 3.55. The van der Waals surface area contributed by atoms with Gasteiger partial charge >= 0.3 is 0 Å². The molecule has 1 aromatic heterocycles. The Labute approximate surface area is 104 Å². The average molecular weight is 248 g/mol. The lowest BCUT2D eigenvalue weighted by Crippen LogP contribution is -1.94. The standard InChI is InChI=1S/C12H12N2O4/c1-7(15)11-13-12(18-14-11)9-6-8(16-2)4-5-10(9)17-3/h4-6H,1-3H3. The Bertz CT molecular complexity index is 577. The lowest BCUT2D eigenvalue weighted by molar-refractivity contribution is 0.100. The molecule has 0 unspecified atom stereocenters. The Morgan fingerprint density at radius 1 is 1.28 bits per heavy atom. The largest absolute Gasteiger partial charge is 0.497 e. The van der Waals surface area contributed by atoms with Crippen LogP contribution in [-0.4, -0.2) is 30.1 Å². The number of aromatic nitrogens is 2. The van der Waals surface area contributed by atoms with E-state index in [-0.39, 0.29) is 17.5 Å². The number of hydrogen-bond donors (Lipinski definition) is 0. The van der Waals surface area contributed by atoms with Gasteiger partial charge in [-0.15, -0.1) is 0 Å². The number of Topliss-reactive ketones (excluding diaryl/α,β-unsaturated/α-hetero) is 1. The van der Waals surface area contributed by atoms with Crippen molar-refractivity contribution in [2.45, 2.75) is 6.92 Å². The topological polar surface area (TPSA) is 74.5 Å². The molecule has 2 aromatic rings. The third-order valence-electron chi connectivity index (χ3n) is 2.38. The molecule has 0 aliphatic carbocycles. The molecule has 6 heteroatoms. The normalized spacial score (nSPS) is 10.2. The predicted octanol–water partition coefficient (Wildman–Crippen LogP) is 1.96. The lowest BCUT2D eigenvalue weighted by Gasteiger charge is -2.06. The summed E-state index contributed by atoms with van der Waals surface area (Å²) < 4.78 is 15.4. The van der Waals surface area contributed by atoms with Crippen LogP contribution in [-0.2, 0) is 0 Å². The molecule has 1 aromatic carbocycles. The zero-order valence-corrected chi connectivity index (χ0v) is 10.3. The molecule has 2 rings (SSSR count). The molecule has 1 heterocycles. The number of rotatable bonds is 4. The number of ketones is 1. The molecule has 94 valence electrons. The third kappa shape index (κ3) is 2.17. The fourth-order valence-corrected chi connectivity index (χ4v) is 1.46. The molecule has 6 nitrogen and oxygen atoms in total. The molecule has 0 saturated heterocycles. The second-order valence-corrected chi connectivity index (χ2v) is 3.55. The molecule has 0 fully saturated rings. The SMILES string of the molecule is COc1ccc(OC)c(-c2nc(C(C)=O)no2)c1. The fraction of sp³-hybridized carbons (Fsp3) is 0.250. The maximum Gasteiger partial charge on any atom is 0.262 e. The van der Waals surface area contributed by atoms with Crippen molar-refractivity contribution in [3.63, 3.8) is 0 Å². The van der Waals surface area contributed by atoms with E-state index in [1.807, 2.05) is 0 Å². The molecule has 0 N–H and O–H groups in total. The Hall–Kier alpha value is -2.37. The van der Waals surface area contributed by atoms with Crippen LogP contribution in [0.3, 0.4) is 0 Å². The van der Waals surface area contributed by atoms with Crippen LogP contribution in [0, 0.1) is 0 Å². The first-order chi connectivity index (χ1) is 8.65. The molecule has 0 aliphatic rings. The molecule has 0 radical (unpaired) electrons. The van der Waals surface area contributed by atoms with Crippen LogP contribution in [0.2, 0.25) is 0 Å². The summed E-state index contributed by atoms with van der Waals surface area (Å²) in [6.45, 7) is 1.37. The molecule has 0 spiro atoms. The summed E-state index contributed by atoms with van der Waals surface area (Å²) in [5.41, 5.74) is 0.580. The van der Waals surface area contributed by atoms with E-state index in [0.717, 1.165) is 0 Å². The summed E-state index contributed by atoms with van der Waals surface area (Å²) in [6.07, 6.45) is 0. The number of hydrogen-bond acceptors (Lipinski definition) is 6. The second kappa shape index (κ2) is 4.87. The summed E-state index contributed by atoms with van der Waals surface area (Å²) in [4.78, 5) is 15.1. The zero-order valence-electron chi connectivity index (χ0n) is 10.3. The van der Waals surface area contributed by atoms with Crippen LogP contribution >= 0.6 is 0 Å². The van der Waals surface area contributed by atoms with Crippen LogP contribution in [0.5, 0.6) is 11.5 Å². The zero-order chi connectivity index (χ0) is 13.1. The van der Waals surface area contributed by atoms with Gasteiger partial charge in [-0.05, 0) is 18.2 Å². The number of ether oxygens (including phenoxy) is 2. The average Bonchev–Trinajstić information content (AvgIpc) is 2.87. The minimum atomic E-state index is -0.258. The van der Waals surface area contributed by atoms with Gasteiger partial charge in [-0.3, -0.25) is 4.79 Å². The highest BCUT2D eigenvalue weighted by molar-refractivity contribution is 5.90. The van der Waals surface area contributed by atoms with Gasteiger partial charge in [0, 0.05) is 6.92 Å². The maximum absolute atomic E-state index is 11.1. The van der Waals surface area contributed by atoms with E-state index >= 15 is 0 Å². The van der Waals surface area contributed by atoms with E-state index < -0.39 is 0 Å². The first-order valence-electron chi connectivity index (χ1n) is 5.22. The van der Waals surface area contributed by atoms with Crippen molar-refractivity contribution in [1.82, 2.24) is 10.1 Å². The highest BCUT2D eigenvalue weighted by Crippen LogP contribution is 2.32. The van der Waals surface area contributed by atoms with Crippen LogP contribution in [0.25, 0.3) is 11.5 Å². The number of carbonyl (C=O) groups is 1. The van der Waals surface area contributed by atoms with Gasteiger partial charge in [-0.25, -0.2) is 0 Å². The van der Waals surface area contributed by atoms with Crippen LogP contribution in [0.4, 0.5) is 0 Å². The number of methoxy groups -OCH3 is 2. The Morgan fingerprint density at radius 3 is 2.61 bits per heavy atom. The quantitative estimate of drug-likeness (QED) is 0.770. The van der Waals surface area contributed by atoms with Gasteiger partial charge in [0.2, 0.25) is 11.6 Å². The van der Waals surface area contributed by atoms with E-state index in [4.69, 9.17) is 14.0 Å². The monoisotopic (exact) mass is 248 g/mol. The molecular weight excluding hydrogens is 236 g/mol. The van der Waals surface area contributed by atoms with E-state index in [0.29, 0.717) is 17.1 Å². The molecule has 18 heavy (non-hydrogen) atoms. The first-order valence-corrected chi connectivity index (χ1v) is 5.22. The first kappa shape index (κ1) is 12.1. The van der Waals surface area contributed by atoms with Crippen molar-refractivity contribution in [3.8, 4) is 23.0 Å². The Morgan fingerprint density at radius 2 is 2.06 bits per heavy atom. The van der Waals surface area contributed by atoms with Crippen molar-refractivity contribution in [3.05, 3.63) is 24.0 Å². The van der Waals surface area contributed by atoms with Gasteiger partial charge in [0.1, 0.15) is 11.5 Å². The summed E-state index contributed by atoms with van der Waals surface area (Å²) in [5.74, 6) is 1.20. The van der Waals surface area contributed by atoms with Gasteiger partial charge < -0.3 is 14.0 Å². The van der Waals surface area contributed by atoms with Crippen LogP contribution in [0.1, 0.15) is 17.5 Å². The maximum atomic E-state index is 11.1. The van der Waals surface area contributed by atoms with Crippen molar-refractivity contribution in [2.75, 3.05) is 14.2 Å². The van der Waals surface area contributed by atoms with E-state index in [9.17, 15) is 4.79 Å². The highest BCUT2D eigenvalue weighted by Gasteiger charge is 2.16. The van der Waals surface area contributed by atoms with E-state index in [1.165, 1.54) is 14.0 Å². The number of nitrogens with zero attached hydrogens (tertiary/aromatic N) is 2. The Kier molecular flexibility index (Phi) is 3.27. The van der Waals surface area contributed by atoms with Gasteiger partial charge in [0.25, 0.3) is 5.89 Å². The molecule has 0 amide bonds. The molecule has 0 atom stereocenters. The highest BCUT2D eigenvalue weighted by atomic mass is 16.5. The van der Waals surface area contributed by atoms with Crippen molar-refractivity contribution < 1.29 is 18.8 Å².